The maximum absolute atomic E-state index is 13.9. The molecule has 0 saturated heterocycles. The predicted molar refractivity (Wildman–Crippen MR) is 155 cm³/mol. The third-order valence-corrected chi connectivity index (χ3v) is 9.72. The van der Waals surface area contributed by atoms with Crippen molar-refractivity contribution in [3.63, 3.8) is 0 Å². The molecule has 0 aromatic rings. The number of carbonyl (C=O) groups is 4. The molecule has 2 fully saturated rings. The minimum absolute atomic E-state index is 0.0207. The average molecular weight is 549 g/mol. The van der Waals surface area contributed by atoms with Crippen LogP contribution in [0.1, 0.15) is 107 Å². The van der Waals surface area contributed by atoms with E-state index in [4.69, 9.17) is 0 Å². The fraction of sp³-hybridized carbons (Fsp3) is 0.875. The van der Waals surface area contributed by atoms with Crippen LogP contribution < -0.4 is 5.32 Å². The molecule has 0 aliphatic heterocycles. The van der Waals surface area contributed by atoms with Crippen LogP contribution in [0.15, 0.2) is 0 Å². The molecule has 2 aliphatic rings. The summed E-state index contributed by atoms with van der Waals surface area (Å²) in [6, 6.07) is -0.647. The number of aliphatic hydroxyl groups is 1. The van der Waals surface area contributed by atoms with E-state index in [0.29, 0.717) is 12.8 Å². The normalized spacial score (nSPS) is 26.7. The van der Waals surface area contributed by atoms with Gasteiger partial charge in [-0.25, -0.2) is 0 Å². The lowest BCUT2D eigenvalue weighted by atomic mass is 9.66. The summed E-state index contributed by atoms with van der Waals surface area (Å²) in [7, 11) is 1.98. The fourth-order valence-electron chi connectivity index (χ4n) is 6.39. The molecule has 8 atom stereocenters. The topological polar surface area (TPSA) is 104 Å². The van der Waals surface area contributed by atoms with E-state index in [2.05, 4.69) is 31.0 Å². The number of carbonyl (C=O) groups excluding carboxylic acids is 4. The molecule has 2 rings (SSSR count). The van der Waals surface area contributed by atoms with Crippen LogP contribution in [0, 0.1) is 40.9 Å². The van der Waals surface area contributed by atoms with E-state index in [-0.39, 0.29) is 59.0 Å². The number of nitrogens with one attached hydrogen (secondary N) is 1. The smallest absolute Gasteiger partial charge is 0.226 e. The Kier molecular flexibility index (Phi) is 11.9. The van der Waals surface area contributed by atoms with Gasteiger partial charge in [0.15, 0.2) is 11.6 Å². The number of rotatable bonds is 15. The van der Waals surface area contributed by atoms with Crippen LogP contribution in [-0.4, -0.2) is 64.5 Å². The van der Waals surface area contributed by atoms with Gasteiger partial charge in [0, 0.05) is 29.7 Å². The molecule has 0 heterocycles. The van der Waals surface area contributed by atoms with E-state index >= 15 is 0 Å². The second-order valence-electron chi connectivity index (χ2n) is 13.8. The Morgan fingerprint density at radius 2 is 1.67 bits per heavy atom. The van der Waals surface area contributed by atoms with Crippen LogP contribution in [-0.2, 0) is 19.2 Å². The van der Waals surface area contributed by atoms with Crippen molar-refractivity contribution in [1.29, 1.82) is 0 Å². The Balaban J connectivity index is 2.27. The quantitative estimate of drug-likeness (QED) is 0.304. The zero-order chi connectivity index (χ0) is 29.8. The fourth-order valence-corrected chi connectivity index (χ4v) is 6.39. The monoisotopic (exact) mass is 548 g/mol. The van der Waals surface area contributed by atoms with Crippen molar-refractivity contribution in [3.8, 4) is 0 Å². The first-order chi connectivity index (χ1) is 18.0. The van der Waals surface area contributed by atoms with Crippen LogP contribution in [0.4, 0.5) is 0 Å². The van der Waals surface area contributed by atoms with Crippen molar-refractivity contribution in [1.82, 2.24) is 10.2 Å². The standard InChI is InChI=1S/C32H56N2O5/c1-11-20(6)27(23-13-12-21(7)28(29(23)37)34(10)19(4)5)26(36)17-24(22(8)35)31(39)33-25(16-18(2)3)30(38)32(9)14-15-32/h18-25,27-28,35H,11-17H2,1-10H3,(H,33,39)/t20-,21-,22+,23?,24-,25-,27+,28-/m0/s1. The molecule has 1 unspecified atom stereocenters. The van der Waals surface area contributed by atoms with E-state index in [1.165, 1.54) is 6.92 Å². The maximum Gasteiger partial charge on any atom is 0.226 e. The van der Waals surface area contributed by atoms with Crippen LogP contribution in [0.5, 0.6) is 0 Å². The maximum atomic E-state index is 13.9. The lowest BCUT2D eigenvalue weighted by Crippen LogP contribution is -2.54. The van der Waals surface area contributed by atoms with Gasteiger partial charge in [0.2, 0.25) is 5.91 Å². The Morgan fingerprint density at radius 3 is 2.13 bits per heavy atom. The average Bonchev–Trinajstić information content (AvgIpc) is 3.60. The molecule has 0 aromatic heterocycles. The number of ketones is 3. The molecule has 0 spiro atoms. The van der Waals surface area contributed by atoms with Gasteiger partial charge in [-0.15, -0.1) is 0 Å². The number of Topliss-reactive ketones (excluding diaryl/α,β-unsaturated/α-hetero) is 3. The molecular weight excluding hydrogens is 492 g/mol. The highest BCUT2D eigenvalue weighted by atomic mass is 16.3. The molecule has 0 bridgehead atoms. The summed E-state index contributed by atoms with van der Waals surface area (Å²) in [5.41, 5.74) is -0.386. The highest BCUT2D eigenvalue weighted by Crippen LogP contribution is 2.47. The van der Waals surface area contributed by atoms with Gasteiger partial charge in [0.25, 0.3) is 0 Å². The summed E-state index contributed by atoms with van der Waals surface area (Å²) < 4.78 is 0. The molecule has 1 amide bonds. The van der Waals surface area contributed by atoms with Crippen molar-refractivity contribution in [2.75, 3.05) is 7.05 Å². The second-order valence-corrected chi connectivity index (χ2v) is 13.8. The van der Waals surface area contributed by atoms with Gasteiger partial charge in [0.1, 0.15) is 5.78 Å². The largest absolute Gasteiger partial charge is 0.393 e. The van der Waals surface area contributed by atoms with Crippen molar-refractivity contribution >= 4 is 23.3 Å². The van der Waals surface area contributed by atoms with Crippen LogP contribution in [0.3, 0.4) is 0 Å². The van der Waals surface area contributed by atoms with Gasteiger partial charge in [-0.3, -0.25) is 24.1 Å². The molecular formula is C32H56N2O5. The van der Waals surface area contributed by atoms with Gasteiger partial charge in [-0.1, -0.05) is 48.0 Å². The first-order valence-corrected chi connectivity index (χ1v) is 15.4. The van der Waals surface area contributed by atoms with E-state index in [0.717, 1.165) is 25.7 Å². The summed E-state index contributed by atoms with van der Waals surface area (Å²) in [5, 5.41) is 13.5. The predicted octanol–water partition coefficient (Wildman–Crippen LogP) is 4.83. The highest BCUT2D eigenvalue weighted by molar-refractivity contribution is 5.97. The summed E-state index contributed by atoms with van der Waals surface area (Å²) >= 11 is 0. The lowest BCUT2D eigenvalue weighted by molar-refractivity contribution is -0.144. The lowest BCUT2D eigenvalue weighted by Gasteiger charge is -2.43. The van der Waals surface area contributed by atoms with Crippen molar-refractivity contribution in [3.05, 3.63) is 0 Å². The molecule has 39 heavy (non-hydrogen) atoms. The minimum atomic E-state index is -1.06. The Bertz CT molecular complexity index is 878. The third kappa shape index (κ3) is 8.22. The number of nitrogens with zero attached hydrogens (tertiary/aromatic N) is 1. The number of hydrogen-bond donors (Lipinski definition) is 2. The number of likely N-dealkylation sites (N-methyl/N-ethyl adjacent to an activating group) is 1. The number of hydrogen-bond acceptors (Lipinski definition) is 6. The first kappa shape index (κ1) is 33.6. The minimum Gasteiger partial charge on any atom is -0.393 e. The van der Waals surface area contributed by atoms with Crippen molar-refractivity contribution in [2.45, 2.75) is 131 Å². The second kappa shape index (κ2) is 13.8. The molecule has 2 N–H and O–H groups in total. The van der Waals surface area contributed by atoms with Gasteiger partial charge < -0.3 is 10.4 Å². The summed E-state index contributed by atoms with van der Waals surface area (Å²) in [6.45, 7) is 17.8. The van der Waals surface area contributed by atoms with Gasteiger partial charge in [-0.2, -0.15) is 0 Å². The Morgan fingerprint density at radius 1 is 1.08 bits per heavy atom. The Hall–Kier alpha value is -1.60. The van der Waals surface area contributed by atoms with E-state index in [1.54, 1.807) is 0 Å². The molecule has 7 heteroatoms. The van der Waals surface area contributed by atoms with Gasteiger partial charge in [-0.05, 0) is 77.7 Å². The van der Waals surface area contributed by atoms with Crippen LogP contribution in [0.25, 0.3) is 0 Å². The van der Waals surface area contributed by atoms with Gasteiger partial charge >= 0.3 is 0 Å². The number of amides is 1. The zero-order valence-electron chi connectivity index (χ0n) is 26.3. The molecule has 2 aliphatic carbocycles. The highest BCUT2D eigenvalue weighted by Gasteiger charge is 2.49. The summed E-state index contributed by atoms with van der Waals surface area (Å²) in [5.74, 6) is -1.87. The van der Waals surface area contributed by atoms with Crippen molar-refractivity contribution < 1.29 is 24.3 Å². The molecule has 0 radical (unpaired) electrons. The van der Waals surface area contributed by atoms with Crippen LogP contribution >= 0.6 is 0 Å². The van der Waals surface area contributed by atoms with E-state index in [9.17, 15) is 24.3 Å². The van der Waals surface area contributed by atoms with Gasteiger partial charge in [0.05, 0.1) is 24.1 Å². The van der Waals surface area contributed by atoms with Crippen LogP contribution in [0.2, 0.25) is 0 Å². The Labute approximate surface area is 237 Å². The number of aliphatic hydroxyl groups excluding tert-OH is 1. The molecule has 224 valence electrons. The zero-order valence-corrected chi connectivity index (χ0v) is 26.3. The molecule has 0 aromatic carbocycles. The first-order valence-electron chi connectivity index (χ1n) is 15.4. The molecule has 7 nitrogen and oxygen atoms in total. The summed E-state index contributed by atoms with van der Waals surface area (Å²) in [4.78, 5) is 56.6. The third-order valence-electron chi connectivity index (χ3n) is 9.72. The van der Waals surface area contributed by atoms with Crippen molar-refractivity contribution in [2.24, 2.45) is 40.9 Å². The summed E-state index contributed by atoms with van der Waals surface area (Å²) in [6.07, 6.45) is 3.26. The SMILES string of the molecule is CC[C@H](C)[C@@H](C(=O)C[C@H](C(=O)N[C@@H](CC(C)C)C(=O)C1(C)CC1)[C@@H](C)O)C1CC[C@H](C)[C@H](N(C)C(C)C)C1=O. The van der Waals surface area contributed by atoms with E-state index < -0.39 is 35.8 Å². The van der Waals surface area contributed by atoms with E-state index in [1.807, 2.05) is 41.7 Å². The molecule has 2 saturated carbocycles.